The predicted molar refractivity (Wildman–Crippen MR) is 72.4 cm³/mol. The summed E-state index contributed by atoms with van der Waals surface area (Å²) in [6.45, 7) is 2.23. The predicted octanol–water partition coefficient (Wildman–Crippen LogP) is 2.07. The summed E-state index contributed by atoms with van der Waals surface area (Å²) >= 11 is 0. The largest absolute Gasteiger partial charge is 0.508 e. The highest BCUT2D eigenvalue weighted by Crippen LogP contribution is 2.28. The molecule has 2 rings (SSSR count). The van der Waals surface area contributed by atoms with Crippen molar-refractivity contribution in [3.63, 3.8) is 0 Å². The molecule has 1 nitrogen and oxygen atoms in total. The van der Waals surface area contributed by atoms with Gasteiger partial charge in [-0.25, -0.2) is 0 Å². The number of phenolic OH excluding ortho intramolecular Hbond substituents is 1. The summed E-state index contributed by atoms with van der Waals surface area (Å²) in [5.74, 6) is 0.329. The molecule has 3 heteroatoms. The van der Waals surface area contributed by atoms with Gasteiger partial charge in [0.2, 0.25) is 0 Å². The third kappa shape index (κ3) is 2.87. The molecule has 1 N–H and O–H groups in total. The Morgan fingerprint density at radius 2 is 1.31 bits per heavy atom. The number of hydrogen-bond donors (Lipinski definition) is 1. The highest BCUT2D eigenvalue weighted by Gasteiger charge is 2.06. The van der Waals surface area contributed by atoms with Crippen molar-refractivity contribution in [1.82, 2.24) is 0 Å². The van der Waals surface area contributed by atoms with Gasteiger partial charge in [0.1, 0.15) is 5.75 Å². The number of hydrogen-bond acceptors (Lipinski definition) is 1. The number of aromatic hydroxyl groups is 1. The number of phenols is 1. The standard InChI is InChI=1S/C13H13OP.B/c1-15(12-5-3-2-4-6-12)13-9-7-11(14)8-10-13;/h2-10,14H,1H3;. The molecule has 0 aliphatic rings. The summed E-state index contributed by atoms with van der Waals surface area (Å²) in [7, 11) is -0.294. The van der Waals surface area contributed by atoms with Crippen molar-refractivity contribution in [2.45, 2.75) is 0 Å². The molecular formula is C13H13BOP. The van der Waals surface area contributed by atoms with E-state index in [1.54, 1.807) is 12.1 Å². The minimum atomic E-state index is -0.294. The van der Waals surface area contributed by atoms with Crippen LogP contribution in [0, 0.1) is 0 Å². The fourth-order valence-electron chi connectivity index (χ4n) is 1.48. The number of benzene rings is 2. The van der Waals surface area contributed by atoms with Gasteiger partial charge in [-0.2, -0.15) is 0 Å². The summed E-state index contributed by atoms with van der Waals surface area (Å²) in [6.07, 6.45) is 0. The van der Waals surface area contributed by atoms with Gasteiger partial charge in [-0.1, -0.05) is 42.5 Å². The molecule has 0 fully saturated rings. The van der Waals surface area contributed by atoms with Crippen LogP contribution in [-0.2, 0) is 0 Å². The van der Waals surface area contributed by atoms with Crippen molar-refractivity contribution >= 4 is 26.9 Å². The van der Waals surface area contributed by atoms with Crippen molar-refractivity contribution < 1.29 is 5.11 Å². The van der Waals surface area contributed by atoms with Gasteiger partial charge >= 0.3 is 0 Å². The monoisotopic (exact) mass is 227 g/mol. The molecule has 0 spiro atoms. The number of rotatable bonds is 2. The van der Waals surface area contributed by atoms with Crippen LogP contribution in [0.3, 0.4) is 0 Å². The Balaban J connectivity index is 0.00000128. The molecule has 2 aromatic carbocycles. The SMILES string of the molecule is CP(c1ccccc1)c1ccc(O)cc1.[B]. The lowest BCUT2D eigenvalue weighted by molar-refractivity contribution is 0.475. The van der Waals surface area contributed by atoms with E-state index in [2.05, 4.69) is 30.9 Å². The fraction of sp³-hybridized carbons (Fsp3) is 0.0769. The maximum Gasteiger partial charge on any atom is 0.115 e. The van der Waals surface area contributed by atoms with Gasteiger partial charge < -0.3 is 5.11 Å². The van der Waals surface area contributed by atoms with Crippen LogP contribution in [0.5, 0.6) is 5.75 Å². The molecule has 0 aromatic heterocycles. The second-order valence-corrected chi connectivity index (χ2v) is 5.56. The maximum atomic E-state index is 9.22. The molecule has 1 unspecified atom stereocenters. The van der Waals surface area contributed by atoms with E-state index in [9.17, 15) is 5.11 Å². The third-order valence-corrected chi connectivity index (χ3v) is 4.53. The first-order valence-corrected chi connectivity index (χ1v) is 6.64. The molecular weight excluding hydrogens is 214 g/mol. The normalized spacial score (nSPS) is 11.6. The molecule has 0 saturated carbocycles. The molecule has 3 radical (unpaired) electrons. The lowest BCUT2D eigenvalue weighted by atomic mass is 10.3. The van der Waals surface area contributed by atoms with Crippen LogP contribution in [0.4, 0.5) is 0 Å². The molecule has 2 aromatic rings. The van der Waals surface area contributed by atoms with Gasteiger partial charge in [-0.15, -0.1) is 0 Å². The zero-order chi connectivity index (χ0) is 10.7. The Labute approximate surface area is 99.5 Å². The quantitative estimate of drug-likeness (QED) is 0.615. The van der Waals surface area contributed by atoms with E-state index >= 15 is 0 Å². The van der Waals surface area contributed by atoms with Crippen molar-refractivity contribution in [3.8, 4) is 5.75 Å². The van der Waals surface area contributed by atoms with Gasteiger partial charge in [-0.3, -0.25) is 0 Å². The Hall–Kier alpha value is -1.27. The van der Waals surface area contributed by atoms with Crippen LogP contribution in [0.15, 0.2) is 54.6 Å². The van der Waals surface area contributed by atoms with Crippen molar-refractivity contribution in [2.75, 3.05) is 6.66 Å². The summed E-state index contributed by atoms with van der Waals surface area (Å²) in [5.41, 5.74) is 0. The lowest BCUT2D eigenvalue weighted by Gasteiger charge is -2.12. The average molecular weight is 227 g/mol. The minimum absolute atomic E-state index is 0. The molecule has 16 heavy (non-hydrogen) atoms. The molecule has 0 aliphatic heterocycles. The van der Waals surface area contributed by atoms with Gasteiger partial charge in [0.25, 0.3) is 0 Å². The van der Waals surface area contributed by atoms with Crippen LogP contribution >= 0.6 is 7.92 Å². The topological polar surface area (TPSA) is 20.2 Å². The van der Waals surface area contributed by atoms with Crippen molar-refractivity contribution in [3.05, 3.63) is 54.6 Å². The highest BCUT2D eigenvalue weighted by molar-refractivity contribution is 7.72. The highest BCUT2D eigenvalue weighted by atomic mass is 31.1. The zero-order valence-electron chi connectivity index (χ0n) is 9.17. The van der Waals surface area contributed by atoms with Gasteiger partial charge in [0, 0.05) is 8.41 Å². The van der Waals surface area contributed by atoms with Crippen LogP contribution in [0.2, 0.25) is 0 Å². The Morgan fingerprint density at radius 1 is 0.812 bits per heavy atom. The van der Waals surface area contributed by atoms with Crippen molar-refractivity contribution in [1.29, 1.82) is 0 Å². The van der Waals surface area contributed by atoms with Crippen LogP contribution in [-0.4, -0.2) is 20.2 Å². The van der Waals surface area contributed by atoms with E-state index in [1.165, 1.54) is 10.6 Å². The van der Waals surface area contributed by atoms with E-state index in [-0.39, 0.29) is 16.3 Å². The first kappa shape index (κ1) is 12.8. The first-order valence-electron chi connectivity index (χ1n) is 4.85. The zero-order valence-corrected chi connectivity index (χ0v) is 10.1. The first-order chi connectivity index (χ1) is 7.27. The Bertz CT molecular complexity index is 427. The van der Waals surface area contributed by atoms with Gasteiger partial charge in [-0.05, 0) is 37.3 Å². The molecule has 79 valence electrons. The summed E-state index contributed by atoms with van der Waals surface area (Å²) in [4.78, 5) is 0. The van der Waals surface area contributed by atoms with E-state index in [1.807, 2.05) is 18.2 Å². The van der Waals surface area contributed by atoms with Crippen LogP contribution in [0.1, 0.15) is 0 Å². The van der Waals surface area contributed by atoms with Crippen LogP contribution < -0.4 is 10.6 Å². The molecule has 1 atom stereocenters. The van der Waals surface area contributed by atoms with Gasteiger partial charge in [0.15, 0.2) is 0 Å². The second kappa shape index (κ2) is 5.72. The van der Waals surface area contributed by atoms with E-state index < -0.39 is 0 Å². The van der Waals surface area contributed by atoms with E-state index in [0.29, 0.717) is 5.75 Å². The van der Waals surface area contributed by atoms with E-state index in [4.69, 9.17) is 0 Å². The van der Waals surface area contributed by atoms with Crippen molar-refractivity contribution in [2.24, 2.45) is 0 Å². The minimum Gasteiger partial charge on any atom is -0.508 e. The Kier molecular flexibility index (Phi) is 4.58. The lowest BCUT2D eigenvalue weighted by Crippen LogP contribution is -2.09. The summed E-state index contributed by atoms with van der Waals surface area (Å²) in [5, 5.41) is 11.9. The van der Waals surface area contributed by atoms with Crippen LogP contribution in [0.25, 0.3) is 0 Å². The molecule has 0 saturated heterocycles. The maximum absolute atomic E-state index is 9.22. The Morgan fingerprint density at radius 3 is 1.88 bits per heavy atom. The van der Waals surface area contributed by atoms with E-state index in [0.717, 1.165) is 0 Å². The molecule has 0 heterocycles. The second-order valence-electron chi connectivity index (χ2n) is 3.41. The average Bonchev–Trinajstić information content (AvgIpc) is 2.30. The smallest absolute Gasteiger partial charge is 0.115 e. The molecule has 0 aliphatic carbocycles. The third-order valence-electron chi connectivity index (χ3n) is 2.38. The summed E-state index contributed by atoms with van der Waals surface area (Å²) in [6, 6.07) is 17.9. The summed E-state index contributed by atoms with van der Waals surface area (Å²) < 4.78 is 0. The van der Waals surface area contributed by atoms with Gasteiger partial charge in [0.05, 0.1) is 0 Å². The fourth-order valence-corrected chi connectivity index (χ4v) is 2.99. The molecule has 0 amide bonds. The molecule has 0 bridgehead atoms.